The van der Waals surface area contributed by atoms with Crippen molar-refractivity contribution in [1.82, 2.24) is 0 Å². The molecule has 0 aromatic heterocycles. The monoisotopic (exact) mass is 379 g/mol. The van der Waals surface area contributed by atoms with Crippen molar-refractivity contribution in [2.45, 2.75) is 44.4 Å². The van der Waals surface area contributed by atoms with E-state index in [4.69, 9.17) is 14.5 Å². The van der Waals surface area contributed by atoms with Gasteiger partial charge in [0.15, 0.2) is 17.3 Å². The molecule has 0 spiro atoms. The highest BCUT2D eigenvalue weighted by molar-refractivity contribution is 6.12. The summed E-state index contributed by atoms with van der Waals surface area (Å²) in [5.74, 6) is 0.918. The zero-order valence-electron chi connectivity index (χ0n) is 16.2. The number of aliphatic imine (C=N–C) groups is 1. The molecule has 1 aromatic rings. The van der Waals surface area contributed by atoms with Crippen molar-refractivity contribution in [2.75, 3.05) is 13.7 Å². The van der Waals surface area contributed by atoms with Gasteiger partial charge in [0.2, 0.25) is 0 Å². The number of methoxy groups -OCH3 is 1. The van der Waals surface area contributed by atoms with Gasteiger partial charge in [0.1, 0.15) is 12.4 Å². The van der Waals surface area contributed by atoms with Gasteiger partial charge in [-0.3, -0.25) is 14.6 Å². The van der Waals surface area contributed by atoms with Crippen molar-refractivity contribution in [2.24, 2.45) is 10.9 Å². The molecule has 0 amide bonds. The number of carbonyl (C=O) groups excluding carboxylic acids is 2. The first-order valence-corrected chi connectivity index (χ1v) is 9.92. The van der Waals surface area contributed by atoms with Crippen LogP contribution in [0, 0.1) is 5.92 Å². The van der Waals surface area contributed by atoms with Gasteiger partial charge in [-0.15, -0.1) is 0 Å². The summed E-state index contributed by atoms with van der Waals surface area (Å²) in [4.78, 5) is 30.5. The van der Waals surface area contributed by atoms with E-state index >= 15 is 0 Å². The summed E-state index contributed by atoms with van der Waals surface area (Å²) in [6.07, 6.45) is 6.06. The smallest absolute Gasteiger partial charge is 0.161 e. The molecule has 146 valence electrons. The SMILES string of the molecule is C=CCOc1ccc([C@H]2C3=C(CCCC3=O)N=C3CCCC(=O)C32)cc1OC. The molecule has 0 bridgehead atoms. The van der Waals surface area contributed by atoms with Crippen LogP contribution in [0.15, 0.2) is 47.1 Å². The fourth-order valence-electron chi connectivity index (χ4n) is 4.60. The maximum atomic E-state index is 12.9. The third kappa shape index (κ3) is 3.19. The first-order chi connectivity index (χ1) is 13.6. The minimum atomic E-state index is -0.334. The minimum absolute atomic E-state index is 0.123. The molecule has 5 heteroatoms. The number of Topliss-reactive ketones (excluding diaryl/α,β-unsaturated/α-hetero) is 2. The Bertz CT molecular complexity index is 896. The molecule has 2 aliphatic carbocycles. The van der Waals surface area contributed by atoms with E-state index in [1.807, 2.05) is 18.2 Å². The van der Waals surface area contributed by atoms with Crippen LogP contribution in [0.25, 0.3) is 0 Å². The third-order valence-electron chi connectivity index (χ3n) is 5.82. The lowest BCUT2D eigenvalue weighted by atomic mass is 9.67. The van der Waals surface area contributed by atoms with Gasteiger partial charge in [0, 0.05) is 35.7 Å². The van der Waals surface area contributed by atoms with E-state index in [0.717, 1.165) is 48.2 Å². The van der Waals surface area contributed by atoms with Crippen LogP contribution in [0.2, 0.25) is 0 Å². The molecule has 5 nitrogen and oxygen atoms in total. The number of ether oxygens (including phenoxy) is 2. The normalized spacial score (nSPS) is 24.2. The number of benzene rings is 1. The topological polar surface area (TPSA) is 65.0 Å². The van der Waals surface area contributed by atoms with E-state index in [9.17, 15) is 9.59 Å². The summed E-state index contributed by atoms with van der Waals surface area (Å²) >= 11 is 0. The average Bonchev–Trinajstić information content (AvgIpc) is 2.71. The van der Waals surface area contributed by atoms with Crippen molar-refractivity contribution < 1.29 is 19.1 Å². The molecule has 3 aliphatic rings. The molecule has 1 aromatic carbocycles. The molecular formula is C23H25NO4. The number of ketones is 2. The maximum Gasteiger partial charge on any atom is 0.161 e. The van der Waals surface area contributed by atoms with Crippen molar-refractivity contribution >= 4 is 17.3 Å². The van der Waals surface area contributed by atoms with Gasteiger partial charge in [0.05, 0.1) is 13.0 Å². The highest BCUT2D eigenvalue weighted by Crippen LogP contribution is 2.47. The maximum absolute atomic E-state index is 12.9. The zero-order chi connectivity index (χ0) is 19.7. The molecular weight excluding hydrogens is 354 g/mol. The summed E-state index contributed by atoms with van der Waals surface area (Å²) in [5, 5.41) is 0. The fourth-order valence-corrected chi connectivity index (χ4v) is 4.60. The molecule has 4 rings (SSSR count). The second-order valence-electron chi connectivity index (χ2n) is 7.53. The first kappa shape index (κ1) is 18.7. The predicted octanol–water partition coefficient (Wildman–Crippen LogP) is 4.17. The first-order valence-electron chi connectivity index (χ1n) is 9.92. The van der Waals surface area contributed by atoms with Crippen LogP contribution in [0.4, 0.5) is 0 Å². The Labute approximate surface area is 165 Å². The highest BCUT2D eigenvalue weighted by atomic mass is 16.5. The van der Waals surface area contributed by atoms with Crippen LogP contribution in [0.3, 0.4) is 0 Å². The van der Waals surface area contributed by atoms with Crippen molar-refractivity contribution in [3.8, 4) is 11.5 Å². The largest absolute Gasteiger partial charge is 0.493 e. The molecule has 2 atom stereocenters. The van der Waals surface area contributed by atoms with E-state index in [2.05, 4.69) is 6.58 Å². The van der Waals surface area contributed by atoms with Crippen LogP contribution >= 0.6 is 0 Å². The van der Waals surface area contributed by atoms with Crippen LogP contribution in [-0.4, -0.2) is 31.0 Å². The van der Waals surface area contributed by atoms with Crippen LogP contribution in [-0.2, 0) is 9.59 Å². The molecule has 0 N–H and O–H groups in total. The summed E-state index contributed by atoms with van der Waals surface area (Å²) in [5.41, 5.74) is 3.48. The Balaban J connectivity index is 1.82. The lowest BCUT2D eigenvalue weighted by Crippen LogP contribution is -2.39. The summed E-state index contributed by atoms with van der Waals surface area (Å²) < 4.78 is 11.2. The molecule has 1 unspecified atom stereocenters. The van der Waals surface area contributed by atoms with E-state index in [-0.39, 0.29) is 23.4 Å². The number of rotatable bonds is 5. The Morgan fingerprint density at radius 2 is 1.93 bits per heavy atom. The average molecular weight is 379 g/mol. The van der Waals surface area contributed by atoms with Gasteiger partial charge in [-0.2, -0.15) is 0 Å². The standard InChI is InChI=1S/C23H25NO4/c1-3-12-28-19-11-10-14(13-20(19)27-2)21-22-15(6-4-8-17(22)25)24-16-7-5-9-18(26)23(16)21/h3,10-11,13,21-22H,1,4-9,12H2,2H3/t21-,22?/m1/s1. The number of fused-ring (bicyclic) bond motifs is 1. The fraction of sp³-hybridized carbons (Fsp3) is 0.435. The predicted molar refractivity (Wildman–Crippen MR) is 107 cm³/mol. The summed E-state index contributed by atoms with van der Waals surface area (Å²) in [6, 6.07) is 5.70. The summed E-state index contributed by atoms with van der Waals surface area (Å²) in [7, 11) is 1.59. The Hall–Kier alpha value is -2.69. The van der Waals surface area contributed by atoms with Crippen molar-refractivity contribution in [1.29, 1.82) is 0 Å². The second kappa shape index (κ2) is 7.74. The molecule has 1 aliphatic heterocycles. The van der Waals surface area contributed by atoms with Crippen LogP contribution in [0.5, 0.6) is 11.5 Å². The molecule has 1 saturated carbocycles. The molecule has 1 fully saturated rings. The number of allylic oxidation sites excluding steroid dienone is 2. The lowest BCUT2D eigenvalue weighted by Gasteiger charge is -2.38. The number of nitrogens with zero attached hydrogens (tertiary/aromatic N) is 1. The Morgan fingerprint density at radius 1 is 1.11 bits per heavy atom. The van der Waals surface area contributed by atoms with Gasteiger partial charge in [-0.1, -0.05) is 18.7 Å². The van der Waals surface area contributed by atoms with Gasteiger partial charge in [-0.05, 0) is 43.4 Å². The molecule has 28 heavy (non-hydrogen) atoms. The second-order valence-corrected chi connectivity index (χ2v) is 7.53. The zero-order valence-corrected chi connectivity index (χ0v) is 16.2. The lowest BCUT2D eigenvalue weighted by molar-refractivity contribution is -0.122. The van der Waals surface area contributed by atoms with Crippen molar-refractivity contribution in [3.63, 3.8) is 0 Å². The van der Waals surface area contributed by atoms with Gasteiger partial charge in [-0.25, -0.2) is 0 Å². The van der Waals surface area contributed by atoms with Crippen molar-refractivity contribution in [3.05, 3.63) is 47.7 Å². The van der Waals surface area contributed by atoms with E-state index < -0.39 is 0 Å². The number of hydrogen-bond acceptors (Lipinski definition) is 5. The van der Waals surface area contributed by atoms with Gasteiger partial charge in [0.25, 0.3) is 0 Å². The van der Waals surface area contributed by atoms with Crippen LogP contribution in [0.1, 0.15) is 50.0 Å². The molecule has 0 saturated heterocycles. The minimum Gasteiger partial charge on any atom is -0.493 e. The van der Waals surface area contributed by atoms with Gasteiger partial charge >= 0.3 is 0 Å². The Morgan fingerprint density at radius 3 is 2.71 bits per heavy atom. The van der Waals surface area contributed by atoms with E-state index in [1.165, 1.54) is 0 Å². The van der Waals surface area contributed by atoms with E-state index in [1.54, 1.807) is 13.2 Å². The highest BCUT2D eigenvalue weighted by Gasteiger charge is 2.44. The third-order valence-corrected chi connectivity index (χ3v) is 5.82. The Kier molecular flexibility index (Phi) is 5.16. The number of hydrogen-bond donors (Lipinski definition) is 0. The molecule has 1 heterocycles. The quantitative estimate of drug-likeness (QED) is 0.720. The van der Waals surface area contributed by atoms with Crippen LogP contribution < -0.4 is 9.47 Å². The number of carbonyl (C=O) groups is 2. The van der Waals surface area contributed by atoms with Gasteiger partial charge < -0.3 is 9.47 Å². The molecule has 0 radical (unpaired) electrons. The van der Waals surface area contributed by atoms with E-state index in [0.29, 0.717) is 30.9 Å². The summed E-state index contributed by atoms with van der Waals surface area (Å²) in [6.45, 7) is 4.05.